The summed E-state index contributed by atoms with van der Waals surface area (Å²) in [6.45, 7) is 1.94. The molecule has 0 spiro atoms. The van der Waals surface area contributed by atoms with Crippen LogP contribution in [0.1, 0.15) is 34.6 Å². The molecular weight excluding hydrogens is 334 g/mol. The third-order valence-electron chi connectivity index (χ3n) is 3.77. The lowest BCUT2D eigenvalue weighted by Gasteiger charge is -2.25. The summed E-state index contributed by atoms with van der Waals surface area (Å²) in [5, 5.41) is 4.48. The van der Waals surface area contributed by atoms with Gasteiger partial charge in [0.2, 0.25) is 5.91 Å². The molecule has 0 aliphatic heterocycles. The molecule has 2 aromatic rings. The van der Waals surface area contributed by atoms with Gasteiger partial charge >= 0.3 is 0 Å². The second-order valence-electron chi connectivity index (χ2n) is 5.34. The molecule has 2 amide bonds. The minimum absolute atomic E-state index is 0.127. The van der Waals surface area contributed by atoms with Gasteiger partial charge in [0.25, 0.3) is 5.91 Å². The smallest absolute Gasteiger partial charge is 0.261 e. The molecule has 0 fully saturated rings. The molecule has 1 aromatic carbocycles. The summed E-state index contributed by atoms with van der Waals surface area (Å²) in [5.74, 6) is -2.27. The molecule has 1 aromatic heterocycles. The molecule has 0 aliphatic rings. The van der Waals surface area contributed by atoms with Crippen LogP contribution in [-0.4, -0.2) is 30.3 Å². The molecule has 1 heterocycles. The summed E-state index contributed by atoms with van der Waals surface area (Å²) < 4.78 is 26.3. The van der Waals surface area contributed by atoms with Crippen molar-refractivity contribution in [2.45, 2.75) is 19.4 Å². The van der Waals surface area contributed by atoms with E-state index < -0.39 is 17.7 Å². The zero-order chi connectivity index (χ0) is 17.7. The van der Waals surface area contributed by atoms with Crippen molar-refractivity contribution in [3.63, 3.8) is 0 Å². The Hall–Kier alpha value is -2.28. The molecular formula is C17H18F2N2O2S. The number of amides is 2. The second-order valence-corrected chi connectivity index (χ2v) is 6.29. The molecule has 0 radical (unpaired) electrons. The highest BCUT2D eigenvalue weighted by molar-refractivity contribution is 7.12. The molecule has 0 unspecified atom stereocenters. The lowest BCUT2D eigenvalue weighted by atomic mass is 10.1. The van der Waals surface area contributed by atoms with E-state index in [4.69, 9.17) is 0 Å². The zero-order valence-electron chi connectivity index (χ0n) is 13.4. The van der Waals surface area contributed by atoms with Crippen LogP contribution < -0.4 is 5.32 Å². The van der Waals surface area contributed by atoms with Crippen LogP contribution in [0.3, 0.4) is 0 Å². The van der Waals surface area contributed by atoms with Crippen LogP contribution in [-0.2, 0) is 4.79 Å². The monoisotopic (exact) mass is 352 g/mol. The fraction of sp³-hybridized carbons (Fsp3) is 0.294. The Morgan fingerprint density at radius 2 is 2.00 bits per heavy atom. The van der Waals surface area contributed by atoms with Crippen molar-refractivity contribution in [2.24, 2.45) is 0 Å². The van der Waals surface area contributed by atoms with Gasteiger partial charge < -0.3 is 10.2 Å². The highest BCUT2D eigenvalue weighted by atomic mass is 32.1. The molecule has 128 valence electrons. The van der Waals surface area contributed by atoms with Gasteiger partial charge in [-0.05, 0) is 36.1 Å². The van der Waals surface area contributed by atoms with E-state index in [1.807, 2.05) is 0 Å². The summed E-state index contributed by atoms with van der Waals surface area (Å²) in [4.78, 5) is 26.0. The van der Waals surface area contributed by atoms with Gasteiger partial charge in [-0.25, -0.2) is 8.78 Å². The molecule has 2 rings (SSSR count). The van der Waals surface area contributed by atoms with Crippen LogP contribution >= 0.6 is 11.3 Å². The highest BCUT2D eigenvalue weighted by Crippen LogP contribution is 2.21. The van der Waals surface area contributed by atoms with Gasteiger partial charge in [0.15, 0.2) is 11.6 Å². The van der Waals surface area contributed by atoms with Crippen LogP contribution in [0.5, 0.6) is 0 Å². The normalized spacial score (nSPS) is 11.8. The first kappa shape index (κ1) is 18.1. The maximum absolute atomic E-state index is 13.3. The summed E-state index contributed by atoms with van der Waals surface area (Å²) in [6.07, 6.45) is 0.127. The highest BCUT2D eigenvalue weighted by Gasteiger charge is 2.18. The SMILES string of the molecule is C[C@H](c1ccc(F)c(F)c1)N(C)C(=O)CCNC(=O)c1cccs1. The first-order chi connectivity index (χ1) is 11.4. The van der Waals surface area contributed by atoms with Crippen LogP contribution in [0.2, 0.25) is 0 Å². The van der Waals surface area contributed by atoms with E-state index in [0.29, 0.717) is 10.4 Å². The van der Waals surface area contributed by atoms with Crippen LogP contribution in [0.15, 0.2) is 35.7 Å². The first-order valence-corrected chi connectivity index (χ1v) is 8.30. The number of halogens is 2. The van der Waals surface area contributed by atoms with Crippen molar-refractivity contribution < 1.29 is 18.4 Å². The molecule has 1 atom stereocenters. The van der Waals surface area contributed by atoms with E-state index in [2.05, 4.69) is 5.32 Å². The number of carbonyl (C=O) groups is 2. The Morgan fingerprint density at radius 1 is 1.25 bits per heavy atom. The summed E-state index contributed by atoms with van der Waals surface area (Å²) in [5.41, 5.74) is 0.507. The minimum atomic E-state index is -0.941. The third-order valence-corrected chi connectivity index (χ3v) is 4.64. The molecule has 0 saturated carbocycles. The van der Waals surface area contributed by atoms with Gasteiger partial charge in [-0.15, -0.1) is 11.3 Å². The van der Waals surface area contributed by atoms with Gasteiger partial charge in [-0.3, -0.25) is 9.59 Å². The number of carbonyl (C=O) groups excluding carboxylic acids is 2. The molecule has 24 heavy (non-hydrogen) atoms. The van der Waals surface area contributed by atoms with Gasteiger partial charge in [-0.1, -0.05) is 12.1 Å². The third kappa shape index (κ3) is 4.38. The Morgan fingerprint density at radius 3 is 2.62 bits per heavy atom. The fourth-order valence-corrected chi connectivity index (χ4v) is 2.81. The van der Waals surface area contributed by atoms with Crippen molar-refractivity contribution in [1.29, 1.82) is 0 Å². The van der Waals surface area contributed by atoms with Crippen molar-refractivity contribution in [3.05, 3.63) is 57.8 Å². The van der Waals surface area contributed by atoms with Gasteiger partial charge in [0.05, 0.1) is 10.9 Å². The van der Waals surface area contributed by atoms with Crippen LogP contribution in [0.4, 0.5) is 8.78 Å². The van der Waals surface area contributed by atoms with Crippen molar-refractivity contribution in [3.8, 4) is 0 Å². The Kier molecular flexibility index (Phi) is 6.03. The number of nitrogens with one attached hydrogen (secondary N) is 1. The van der Waals surface area contributed by atoms with Crippen molar-refractivity contribution in [1.82, 2.24) is 10.2 Å². The van der Waals surface area contributed by atoms with Crippen LogP contribution in [0, 0.1) is 11.6 Å². The number of nitrogens with zero attached hydrogens (tertiary/aromatic N) is 1. The van der Waals surface area contributed by atoms with E-state index in [-0.39, 0.29) is 24.8 Å². The lowest BCUT2D eigenvalue weighted by Crippen LogP contribution is -2.33. The van der Waals surface area contributed by atoms with Gasteiger partial charge in [0.1, 0.15) is 0 Å². The van der Waals surface area contributed by atoms with Crippen molar-refractivity contribution >= 4 is 23.2 Å². The fourth-order valence-electron chi connectivity index (χ4n) is 2.17. The molecule has 0 saturated heterocycles. The number of rotatable bonds is 6. The largest absolute Gasteiger partial charge is 0.351 e. The van der Waals surface area contributed by atoms with Gasteiger partial charge in [0, 0.05) is 20.0 Å². The molecule has 0 aliphatic carbocycles. The predicted molar refractivity (Wildman–Crippen MR) is 88.8 cm³/mol. The van der Waals surface area contributed by atoms with E-state index >= 15 is 0 Å². The van der Waals surface area contributed by atoms with E-state index in [1.54, 1.807) is 31.5 Å². The second kappa shape index (κ2) is 8.01. The predicted octanol–water partition coefficient (Wildman–Crippen LogP) is 3.37. The van der Waals surface area contributed by atoms with Gasteiger partial charge in [-0.2, -0.15) is 0 Å². The summed E-state index contributed by atoms with van der Waals surface area (Å²) in [6, 6.07) is 6.66. The lowest BCUT2D eigenvalue weighted by molar-refractivity contribution is -0.131. The van der Waals surface area contributed by atoms with E-state index in [9.17, 15) is 18.4 Å². The summed E-state index contributed by atoms with van der Waals surface area (Å²) >= 11 is 1.33. The first-order valence-electron chi connectivity index (χ1n) is 7.42. The molecule has 1 N–H and O–H groups in total. The topological polar surface area (TPSA) is 49.4 Å². The number of benzene rings is 1. The molecule has 4 nitrogen and oxygen atoms in total. The van der Waals surface area contributed by atoms with E-state index in [1.165, 1.54) is 22.3 Å². The Labute approximate surface area is 143 Å². The number of thiophene rings is 1. The average molecular weight is 352 g/mol. The average Bonchev–Trinajstić information content (AvgIpc) is 3.10. The molecule has 0 bridgehead atoms. The van der Waals surface area contributed by atoms with Crippen LogP contribution in [0.25, 0.3) is 0 Å². The standard InChI is InChI=1S/C17H18F2N2O2S/c1-11(12-5-6-13(18)14(19)10-12)21(2)16(22)7-8-20-17(23)15-4-3-9-24-15/h3-6,9-11H,7-8H2,1-2H3,(H,20,23)/t11-/m1/s1. The zero-order valence-corrected chi connectivity index (χ0v) is 14.2. The minimum Gasteiger partial charge on any atom is -0.351 e. The quantitative estimate of drug-likeness (QED) is 0.867. The van der Waals surface area contributed by atoms with Crippen molar-refractivity contribution in [2.75, 3.05) is 13.6 Å². The van der Waals surface area contributed by atoms with E-state index in [0.717, 1.165) is 12.1 Å². The Bertz CT molecular complexity index is 719. The maximum atomic E-state index is 13.3. The Balaban J connectivity index is 1.87. The summed E-state index contributed by atoms with van der Waals surface area (Å²) in [7, 11) is 1.59. The maximum Gasteiger partial charge on any atom is 0.261 e. The molecule has 7 heteroatoms. The number of hydrogen-bond acceptors (Lipinski definition) is 3. The number of hydrogen-bond donors (Lipinski definition) is 1.